The summed E-state index contributed by atoms with van der Waals surface area (Å²) in [5, 5.41) is 24.2. The highest BCUT2D eigenvalue weighted by molar-refractivity contribution is 7.08. The molecule has 0 saturated carbocycles. The fourth-order valence-corrected chi connectivity index (χ4v) is 4.59. The van der Waals surface area contributed by atoms with Gasteiger partial charge in [0.25, 0.3) is 0 Å². The van der Waals surface area contributed by atoms with Gasteiger partial charge in [-0.3, -0.25) is 4.79 Å². The van der Waals surface area contributed by atoms with Crippen LogP contribution in [0.1, 0.15) is 37.4 Å². The van der Waals surface area contributed by atoms with Gasteiger partial charge in [-0.15, -0.1) is 20.4 Å². The maximum absolute atomic E-state index is 12.5. The lowest BCUT2D eigenvalue weighted by atomic mass is 10.1. The first-order valence-electron chi connectivity index (χ1n) is 10.5. The molecule has 0 spiro atoms. The van der Waals surface area contributed by atoms with Crippen LogP contribution in [0, 0.1) is 0 Å². The monoisotopic (exact) mass is 468 g/mol. The van der Waals surface area contributed by atoms with E-state index < -0.39 is 0 Å². The number of rotatable bonds is 6. The molecule has 1 aliphatic heterocycles. The summed E-state index contributed by atoms with van der Waals surface area (Å²) in [6, 6.07) is 7.33. The van der Waals surface area contributed by atoms with Crippen LogP contribution in [0.5, 0.6) is 0 Å². The molecule has 1 N–H and O–H groups in total. The normalized spacial score (nSPS) is 13.5. The van der Waals surface area contributed by atoms with Crippen molar-refractivity contribution < 1.29 is 9.21 Å². The lowest BCUT2D eigenvalue weighted by molar-refractivity contribution is -0.116. The highest BCUT2D eigenvalue weighted by Gasteiger charge is 2.19. The summed E-state index contributed by atoms with van der Waals surface area (Å²) in [7, 11) is 0. The molecule has 0 atom stereocenters. The molecule has 0 bridgehead atoms. The standard InChI is InChI=1S/C22H21ClN6O2S/c23-17-6-5-15(12-16(17)21-27-25-18-4-2-1-3-10-29(18)21)24-19(30)7-8-20-26-28-22(31-20)14-9-11-32-13-14/h5-6,9,11-13H,1-4,7-8,10H2,(H,24,30). The van der Waals surface area contributed by atoms with Crippen LogP contribution < -0.4 is 5.32 Å². The van der Waals surface area contributed by atoms with Crippen LogP contribution in [0.2, 0.25) is 5.02 Å². The number of hydrogen-bond donors (Lipinski definition) is 1. The van der Waals surface area contributed by atoms with Crippen LogP contribution in [-0.2, 0) is 24.2 Å². The van der Waals surface area contributed by atoms with Crippen LogP contribution in [0.4, 0.5) is 5.69 Å². The molecular weight excluding hydrogens is 448 g/mol. The second-order valence-electron chi connectivity index (χ2n) is 7.66. The van der Waals surface area contributed by atoms with Gasteiger partial charge in [0.2, 0.25) is 17.7 Å². The molecular formula is C22H21ClN6O2S. The minimum absolute atomic E-state index is 0.145. The molecule has 3 aromatic heterocycles. The van der Waals surface area contributed by atoms with Crippen LogP contribution in [0.3, 0.4) is 0 Å². The number of aryl methyl sites for hydroxylation is 2. The molecule has 0 radical (unpaired) electrons. The smallest absolute Gasteiger partial charge is 0.248 e. The Kier molecular flexibility index (Phi) is 6.00. The van der Waals surface area contributed by atoms with Gasteiger partial charge in [0.15, 0.2) is 5.82 Å². The highest BCUT2D eigenvalue weighted by atomic mass is 35.5. The summed E-state index contributed by atoms with van der Waals surface area (Å²) in [6.07, 6.45) is 4.91. The Morgan fingerprint density at radius 1 is 1.16 bits per heavy atom. The van der Waals surface area contributed by atoms with Crippen LogP contribution >= 0.6 is 22.9 Å². The van der Waals surface area contributed by atoms with Gasteiger partial charge in [-0.1, -0.05) is 18.0 Å². The van der Waals surface area contributed by atoms with Gasteiger partial charge in [-0.05, 0) is 42.5 Å². The van der Waals surface area contributed by atoms with E-state index in [0.29, 0.717) is 28.9 Å². The van der Waals surface area contributed by atoms with Crippen molar-refractivity contribution in [1.29, 1.82) is 0 Å². The largest absolute Gasteiger partial charge is 0.421 e. The molecule has 8 nitrogen and oxygen atoms in total. The van der Waals surface area contributed by atoms with Crippen LogP contribution in [0.25, 0.3) is 22.8 Å². The first-order chi connectivity index (χ1) is 15.7. The molecule has 5 rings (SSSR count). The summed E-state index contributed by atoms with van der Waals surface area (Å²) >= 11 is 8.03. The van der Waals surface area contributed by atoms with Gasteiger partial charge in [0.1, 0.15) is 5.82 Å². The number of thiophene rings is 1. The van der Waals surface area contributed by atoms with Gasteiger partial charge in [0, 0.05) is 48.0 Å². The van der Waals surface area contributed by atoms with Crippen molar-refractivity contribution in [3.05, 3.63) is 51.8 Å². The molecule has 0 aliphatic carbocycles. The molecule has 32 heavy (non-hydrogen) atoms. The van der Waals surface area contributed by atoms with E-state index in [4.69, 9.17) is 16.0 Å². The third kappa shape index (κ3) is 4.44. The summed E-state index contributed by atoms with van der Waals surface area (Å²) < 4.78 is 7.78. The Morgan fingerprint density at radius 3 is 2.97 bits per heavy atom. The summed E-state index contributed by atoms with van der Waals surface area (Å²) in [5.41, 5.74) is 2.31. The Hall–Kier alpha value is -3.04. The molecule has 10 heteroatoms. The fourth-order valence-electron chi connectivity index (χ4n) is 3.76. The summed E-state index contributed by atoms with van der Waals surface area (Å²) in [6.45, 7) is 0.877. The van der Waals surface area contributed by atoms with Crippen LogP contribution in [-0.4, -0.2) is 30.9 Å². The number of nitrogens with one attached hydrogen (secondary N) is 1. The van der Waals surface area contributed by atoms with E-state index in [0.717, 1.165) is 48.6 Å². The molecule has 1 aliphatic rings. The fraction of sp³-hybridized carbons (Fsp3) is 0.318. The Morgan fingerprint density at radius 2 is 2.09 bits per heavy atom. The lowest BCUT2D eigenvalue weighted by Gasteiger charge is -2.11. The zero-order chi connectivity index (χ0) is 21.9. The van der Waals surface area contributed by atoms with E-state index in [1.54, 1.807) is 23.5 Å². The van der Waals surface area contributed by atoms with Crippen molar-refractivity contribution in [3.8, 4) is 22.8 Å². The summed E-state index contributed by atoms with van der Waals surface area (Å²) in [4.78, 5) is 12.5. The van der Waals surface area contributed by atoms with E-state index in [-0.39, 0.29) is 12.3 Å². The molecule has 4 heterocycles. The van der Waals surface area contributed by atoms with Crippen molar-refractivity contribution in [2.24, 2.45) is 0 Å². The second kappa shape index (κ2) is 9.22. The average molecular weight is 469 g/mol. The molecule has 0 unspecified atom stereocenters. The van der Waals surface area contributed by atoms with E-state index in [2.05, 4.69) is 30.3 Å². The van der Waals surface area contributed by atoms with Crippen molar-refractivity contribution >= 4 is 34.5 Å². The molecule has 1 amide bonds. The quantitative estimate of drug-likeness (QED) is 0.427. The number of carbonyl (C=O) groups excluding carboxylic acids is 1. The van der Waals surface area contributed by atoms with Gasteiger partial charge in [-0.25, -0.2) is 0 Å². The van der Waals surface area contributed by atoms with Crippen molar-refractivity contribution in [2.75, 3.05) is 5.32 Å². The topological polar surface area (TPSA) is 98.7 Å². The second-order valence-corrected chi connectivity index (χ2v) is 8.85. The zero-order valence-corrected chi connectivity index (χ0v) is 18.8. The van der Waals surface area contributed by atoms with E-state index in [1.165, 1.54) is 6.42 Å². The third-order valence-corrected chi connectivity index (χ3v) is 6.41. The highest BCUT2D eigenvalue weighted by Crippen LogP contribution is 2.31. The molecule has 0 fully saturated rings. The van der Waals surface area contributed by atoms with Gasteiger partial charge in [0.05, 0.1) is 5.02 Å². The number of amides is 1. The zero-order valence-electron chi connectivity index (χ0n) is 17.3. The predicted octanol–water partition coefficient (Wildman–Crippen LogP) is 5.01. The lowest BCUT2D eigenvalue weighted by Crippen LogP contribution is -2.12. The minimum atomic E-state index is -0.145. The van der Waals surface area contributed by atoms with Gasteiger partial charge >= 0.3 is 0 Å². The number of aromatic nitrogens is 5. The third-order valence-electron chi connectivity index (χ3n) is 5.40. The first kappa shape index (κ1) is 20.8. The number of benzene rings is 1. The molecule has 0 saturated heterocycles. The SMILES string of the molecule is O=C(CCc1nnc(-c2ccsc2)o1)Nc1ccc(Cl)c(-c2nnc3n2CCCCC3)c1. The van der Waals surface area contributed by atoms with E-state index in [9.17, 15) is 4.79 Å². The maximum Gasteiger partial charge on any atom is 0.248 e. The Balaban J connectivity index is 1.26. The molecule has 1 aromatic carbocycles. The van der Waals surface area contributed by atoms with Crippen LogP contribution in [0.15, 0.2) is 39.4 Å². The van der Waals surface area contributed by atoms with Crippen molar-refractivity contribution in [1.82, 2.24) is 25.0 Å². The van der Waals surface area contributed by atoms with Gasteiger partial charge in [-0.2, -0.15) is 11.3 Å². The predicted molar refractivity (Wildman–Crippen MR) is 123 cm³/mol. The van der Waals surface area contributed by atoms with E-state index in [1.807, 2.05) is 22.9 Å². The Labute approximate surface area is 193 Å². The first-order valence-corrected chi connectivity index (χ1v) is 11.9. The van der Waals surface area contributed by atoms with Crippen molar-refractivity contribution in [3.63, 3.8) is 0 Å². The molecule has 4 aromatic rings. The number of nitrogens with zero attached hydrogens (tertiary/aromatic N) is 5. The number of hydrogen-bond acceptors (Lipinski definition) is 7. The average Bonchev–Trinajstić information content (AvgIpc) is 3.53. The summed E-state index contributed by atoms with van der Waals surface area (Å²) in [5.74, 6) is 2.49. The minimum Gasteiger partial charge on any atom is -0.421 e. The number of carbonyl (C=O) groups is 1. The maximum atomic E-state index is 12.5. The number of fused-ring (bicyclic) bond motifs is 1. The number of halogens is 1. The van der Waals surface area contributed by atoms with E-state index >= 15 is 0 Å². The van der Waals surface area contributed by atoms with Crippen molar-refractivity contribution in [2.45, 2.75) is 45.1 Å². The molecule has 164 valence electrons. The number of anilines is 1. The Bertz CT molecular complexity index is 1230. The van der Waals surface area contributed by atoms with Gasteiger partial charge < -0.3 is 14.3 Å².